The van der Waals surface area contributed by atoms with Crippen molar-refractivity contribution in [1.29, 1.82) is 0 Å². The van der Waals surface area contributed by atoms with Gasteiger partial charge in [0.1, 0.15) is 18.3 Å². The second-order valence-electron chi connectivity index (χ2n) is 9.54. The molecule has 2 fully saturated rings. The Kier molecular flexibility index (Phi) is 6.24. The number of fused-ring (bicyclic) bond motifs is 2. The lowest BCUT2D eigenvalue weighted by molar-refractivity contribution is 0.00558. The van der Waals surface area contributed by atoms with Crippen LogP contribution in [0.2, 0.25) is 5.02 Å². The zero-order valence-corrected chi connectivity index (χ0v) is 21.8. The van der Waals surface area contributed by atoms with Crippen LogP contribution in [-0.2, 0) is 30.4 Å². The first kappa shape index (κ1) is 24.4. The minimum atomic E-state index is -2.26. The molecule has 4 atom stereocenters. The molecule has 0 radical (unpaired) electrons. The van der Waals surface area contributed by atoms with Crippen molar-refractivity contribution in [3.63, 3.8) is 0 Å². The Morgan fingerprint density at radius 2 is 1.78 bits per heavy atom. The number of nitrogens with zero attached hydrogens (tertiary/aromatic N) is 4. The largest absolute Gasteiger partial charge is 0.472 e. The molecular weight excluding hydrogens is 516 g/mol. The summed E-state index contributed by atoms with van der Waals surface area (Å²) in [6.45, 7) is 0.595. The maximum absolute atomic E-state index is 11.9. The normalized spacial score (nSPS) is 24.5. The summed E-state index contributed by atoms with van der Waals surface area (Å²) >= 11 is 6.59. The summed E-state index contributed by atoms with van der Waals surface area (Å²) in [5.41, 5.74) is 4.91. The number of aliphatic hydroxyl groups excluding tert-OH is 1. The Balaban J connectivity index is 1.17. The first-order valence-electron chi connectivity index (χ1n) is 11.8. The van der Waals surface area contributed by atoms with Gasteiger partial charge in [-0.3, -0.25) is 0 Å². The molecule has 5 heterocycles. The van der Waals surface area contributed by atoms with E-state index in [0.717, 1.165) is 22.4 Å². The van der Waals surface area contributed by atoms with Crippen molar-refractivity contribution in [2.45, 2.75) is 30.8 Å². The quantitative estimate of drug-likeness (QED) is 0.532. The molecule has 0 saturated carbocycles. The van der Waals surface area contributed by atoms with Crippen molar-refractivity contribution in [2.75, 3.05) is 25.7 Å². The maximum Gasteiger partial charge on any atom is 0.195 e. The molecule has 37 heavy (non-hydrogen) atoms. The number of aliphatic imine (C=N–C) groups is 1. The maximum atomic E-state index is 11.9. The van der Waals surface area contributed by atoms with Gasteiger partial charge < -0.3 is 19.3 Å². The molecular formula is C26H25ClN4O5S. The Morgan fingerprint density at radius 1 is 1.05 bits per heavy atom. The molecule has 6 rings (SSSR count). The van der Waals surface area contributed by atoms with E-state index in [1.807, 2.05) is 30.3 Å². The zero-order chi connectivity index (χ0) is 25.7. The number of pyridine rings is 2. The van der Waals surface area contributed by atoms with Gasteiger partial charge in [0.05, 0.1) is 41.7 Å². The van der Waals surface area contributed by atoms with Gasteiger partial charge in [0.15, 0.2) is 17.8 Å². The molecule has 3 aromatic rings. The molecule has 0 aliphatic carbocycles. The smallest absolute Gasteiger partial charge is 0.195 e. The second-order valence-corrected chi connectivity index (χ2v) is 12.5. The summed E-state index contributed by atoms with van der Waals surface area (Å²) in [6, 6.07) is 13.4. The van der Waals surface area contributed by atoms with Gasteiger partial charge in [-0.25, -0.2) is 19.2 Å². The van der Waals surface area contributed by atoms with Crippen LogP contribution in [-0.4, -0.2) is 75.3 Å². The number of halogens is 1. The third kappa shape index (κ3) is 4.99. The number of hydrogen-bond acceptors (Lipinski definition) is 9. The minimum Gasteiger partial charge on any atom is -0.472 e. The number of aromatic nitrogens is 2. The number of aliphatic hydroxyl groups is 1. The van der Waals surface area contributed by atoms with Gasteiger partial charge in [0.2, 0.25) is 0 Å². The molecule has 3 aliphatic rings. The van der Waals surface area contributed by atoms with Crippen molar-refractivity contribution in [1.82, 2.24) is 9.97 Å². The van der Waals surface area contributed by atoms with Gasteiger partial charge in [-0.1, -0.05) is 35.9 Å². The molecule has 11 heteroatoms. The van der Waals surface area contributed by atoms with Gasteiger partial charge in [-0.15, -0.1) is 0 Å². The van der Waals surface area contributed by atoms with Crippen LogP contribution in [0.25, 0.3) is 22.4 Å². The topological polar surface area (TPSA) is 115 Å². The van der Waals surface area contributed by atoms with E-state index in [9.17, 15) is 9.32 Å². The lowest BCUT2D eigenvalue weighted by Gasteiger charge is -2.17. The van der Waals surface area contributed by atoms with Crippen LogP contribution in [0.15, 0.2) is 58.0 Å². The molecule has 192 valence electrons. The van der Waals surface area contributed by atoms with Gasteiger partial charge >= 0.3 is 0 Å². The Labute approximate surface area is 219 Å². The van der Waals surface area contributed by atoms with E-state index in [-0.39, 0.29) is 24.9 Å². The van der Waals surface area contributed by atoms with Crippen molar-refractivity contribution < 1.29 is 23.5 Å². The molecule has 1 N–H and O–H groups in total. The lowest BCUT2D eigenvalue weighted by atomic mass is 10.0. The van der Waals surface area contributed by atoms with E-state index >= 15 is 0 Å². The summed E-state index contributed by atoms with van der Waals surface area (Å²) < 4.78 is 33.4. The predicted octanol–water partition coefficient (Wildman–Crippen LogP) is 3.95. The highest BCUT2D eigenvalue weighted by Crippen LogP contribution is 2.37. The van der Waals surface area contributed by atoms with E-state index in [2.05, 4.69) is 14.3 Å². The molecule has 0 unspecified atom stereocenters. The highest BCUT2D eigenvalue weighted by atomic mass is 35.5. The van der Waals surface area contributed by atoms with Gasteiger partial charge in [0, 0.05) is 39.6 Å². The van der Waals surface area contributed by atoms with Crippen LogP contribution in [0.3, 0.4) is 0 Å². The zero-order valence-electron chi connectivity index (χ0n) is 20.2. The third-order valence-electron chi connectivity index (χ3n) is 6.42. The summed E-state index contributed by atoms with van der Waals surface area (Å²) in [7, 11) is -2.26. The van der Waals surface area contributed by atoms with Crippen LogP contribution in [0, 0.1) is 0 Å². The van der Waals surface area contributed by atoms with Crippen LogP contribution in [0.1, 0.15) is 5.69 Å². The monoisotopic (exact) mass is 540 g/mol. The summed E-state index contributed by atoms with van der Waals surface area (Å²) in [5.74, 6) is 0.985. The Morgan fingerprint density at radius 3 is 2.51 bits per heavy atom. The molecule has 3 aliphatic heterocycles. The SMILES string of the molecule is CS(C)(=O)=Nc1ccc(-c2ccc(-c3nc4c(cc3Cl)N=C(O[C@@H]3CO[C@H]5[C@@H]3OC[C@H]5O)C4)cc2)cn1. The van der Waals surface area contributed by atoms with Crippen LogP contribution in [0.5, 0.6) is 0 Å². The minimum absolute atomic E-state index is 0.249. The summed E-state index contributed by atoms with van der Waals surface area (Å²) in [5, 5.41) is 10.4. The van der Waals surface area contributed by atoms with Crippen molar-refractivity contribution in [3.8, 4) is 22.4 Å². The summed E-state index contributed by atoms with van der Waals surface area (Å²) in [4.78, 5) is 13.7. The average Bonchev–Trinajstić information content (AvgIpc) is 3.55. The van der Waals surface area contributed by atoms with Crippen molar-refractivity contribution in [2.24, 2.45) is 9.36 Å². The predicted molar refractivity (Wildman–Crippen MR) is 141 cm³/mol. The number of benzene rings is 1. The molecule has 0 amide bonds. The average molecular weight is 541 g/mol. The fourth-order valence-electron chi connectivity index (χ4n) is 4.71. The fraction of sp³-hybridized carbons (Fsp3) is 0.346. The van der Waals surface area contributed by atoms with E-state index < -0.39 is 15.8 Å². The molecule has 2 aromatic heterocycles. The molecule has 0 spiro atoms. The second kappa shape index (κ2) is 9.45. The first-order chi connectivity index (χ1) is 17.7. The number of hydrogen-bond donors (Lipinski definition) is 1. The standard InChI is InChI=1S/C26H25ClN4O5S/c1-37(2,33)31-22-8-7-16(11-28-22)14-3-5-15(6-4-14)24-17(27)9-18-19(30-24)10-23(29-18)36-21-13-35-25-20(32)12-34-26(21)25/h3-9,11,20-21,25-26,32H,10,12-13H2,1-2H3/t20-,21-,25-,26-/m1/s1. The van der Waals surface area contributed by atoms with Crippen LogP contribution >= 0.6 is 11.6 Å². The molecule has 1 aromatic carbocycles. The molecule has 2 saturated heterocycles. The molecule has 9 nitrogen and oxygen atoms in total. The summed E-state index contributed by atoms with van der Waals surface area (Å²) in [6.07, 6.45) is 3.72. The van der Waals surface area contributed by atoms with Crippen molar-refractivity contribution in [3.05, 3.63) is 59.4 Å². The number of rotatable bonds is 4. The number of ether oxygens (including phenoxy) is 3. The lowest BCUT2D eigenvalue weighted by Crippen LogP contribution is -2.34. The van der Waals surface area contributed by atoms with Crippen LogP contribution in [0.4, 0.5) is 11.5 Å². The van der Waals surface area contributed by atoms with E-state index in [1.165, 1.54) is 0 Å². The van der Waals surface area contributed by atoms with Gasteiger partial charge in [-0.2, -0.15) is 4.36 Å². The Hall–Kier alpha value is -2.89. The molecule has 0 bridgehead atoms. The van der Waals surface area contributed by atoms with Gasteiger partial charge in [-0.05, 0) is 23.8 Å². The van der Waals surface area contributed by atoms with Gasteiger partial charge in [0.25, 0.3) is 0 Å². The third-order valence-corrected chi connectivity index (χ3v) is 7.33. The fourth-order valence-corrected chi connectivity index (χ4v) is 5.52. The van der Waals surface area contributed by atoms with Crippen LogP contribution < -0.4 is 0 Å². The van der Waals surface area contributed by atoms with E-state index in [1.54, 1.807) is 30.8 Å². The highest BCUT2D eigenvalue weighted by molar-refractivity contribution is 7.92. The van der Waals surface area contributed by atoms with E-state index in [4.69, 9.17) is 30.8 Å². The van der Waals surface area contributed by atoms with Crippen molar-refractivity contribution >= 4 is 38.7 Å². The highest BCUT2D eigenvalue weighted by Gasteiger charge is 2.48. The van der Waals surface area contributed by atoms with E-state index in [0.29, 0.717) is 41.1 Å². The first-order valence-corrected chi connectivity index (χ1v) is 14.5. The Bertz CT molecular complexity index is 1490.